The van der Waals surface area contributed by atoms with E-state index in [0.29, 0.717) is 34.7 Å². The predicted molar refractivity (Wildman–Crippen MR) is 94.1 cm³/mol. The first-order valence-corrected chi connectivity index (χ1v) is 7.92. The highest BCUT2D eigenvalue weighted by Gasteiger charge is 2.11. The van der Waals surface area contributed by atoms with Gasteiger partial charge in [-0.15, -0.1) is 0 Å². The summed E-state index contributed by atoms with van der Waals surface area (Å²) in [5.74, 6) is 2.60. The van der Waals surface area contributed by atoms with Crippen LogP contribution < -0.4 is 18.9 Å². The van der Waals surface area contributed by atoms with E-state index in [4.69, 9.17) is 24.2 Å². The molecular weight excluding hydrogens is 378 g/mol. The van der Waals surface area contributed by atoms with E-state index in [1.54, 1.807) is 26.4 Å². The van der Waals surface area contributed by atoms with E-state index in [0.717, 1.165) is 11.5 Å². The molecule has 0 aliphatic rings. The molecule has 2 aromatic rings. The van der Waals surface area contributed by atoms with Crippen LogP contribution in [0.25, 0.3) is 0 Å². The third-order valence-electron chi connectivity index (χ3n) is 3.12. The number of nitrogens with zero attached hydrogens (tertiary/aromatic N) is 1. The smallest absolute Gasteiger partial charge is 0.175 e. The van der Waals surface area contributed by atoms with Gasteiger partial charge in [-0.25, -0.2) is 0 Å². The fraction of sp³-hybridized carbons (Fsp3) is 0.235. The highest BCUT2D eigenvalue weighted by atomic mass is 79.9. The SMILES string of the molecule is COc1ccc(OCCOc2c(Br)cc(C=NO)cc2OC)cc1. The number of hydrogen-bond donors (Lipinski definition) is 1. The van der Waals surface area contributed by atoms with E-state index in [1.165, 1.54) is 6.21 Å². The maximum Gasteiger partial charge on any atom is 0.175 e. The van der Waals surface area contributed by atoms with Crippen molar-refractivity contribution in [1.29, 1.82) is 0 Å². The van der Waals surface area contributed by atoms with Crippen molar-refractivity contribution in [2.75, 3.05) is 27.4 Å². The molecule has 0 saturated heterocycles. The van der Waals surface area contributed by atoms with E-state index >= 15 is 0 Å². The molecule has 6 nitrogen and oxygen atoms in total. The fourth-order valence-corrected chi connectivity index (χ4v) is 2.57. The minimum absolute atomic E-state index is 0.342. The zero-order chi connectivity index (χ0) is 17.4. The average Bonchev–Trinajstić information content (AvgIpc) is 2.60. The summed E-state index contributed by atoms with van der Waals surface area (Å²) in [7, 11) is 3.16. The standard InChI is InChI=1S/C17H18BrNO5/c1-21-13-3-5-14(6-4-13)23-7-8-24-17-15(18)9-12(11-19-20)10-16(17)22-2/h3-6,9-11,20H,7-8H2,1-2H3. The number of rotatable bonds is 8. The number of oxime groups is 1. The summed E-state index contributed by atoms with van der Waals surface area (Å²) in [4.78, 5) is 0. The molecule has 2 aromatic carbocycles. The molecule has 0 radical (unpaired) electrons. The Bertz CT molecular complexity index is 688. The van der Waals surface area contributed by atoms with Crippen molar-refractivity contribution in [3.05, 3.63) is 46.4 Å². The zero-order valence-electron chi connectivity index (χ0n) is 13.4. The zero-order valence-corrected chi connectivity index (χ0v) is 14.9. The molecule has 0 aromatic heterocycles. The Labute approximate surface area is 148 Å². The van der Waals surface area contributed by atoms with Crippen molar-refractivity contribution in [3.8, 4) is 23.0 Å². The molecule has 0 aliphatic heterocycles. The molecular formula is C17H18BrNO5. The lowest BCUT2D eigenvalue weighted by Gasteiger charge is -2.14. The monoisotopic (exact) mass is 395 g/mol. The minimum Gasteiger partial charge on any atom is -0.497 e. The van der Waals surface area contributed by atoms with Gasteiger partial charge in [0, 0.05) is 5.56 Å². The second kappa shape index (κ2) is 9.02. The molecule has 0 saturated carbocycles. The van der Waals surface area contributed by atoms with Crippen molar-refractivity contribution < 1.29 is 24.2 Å². The molecule has 0 atom stereocenters. The highest BCUT2D eigenvalue weighted by molar-refractivity contribution is 9.10. The van der Waals surface area contributed by atoms with Crippen LogP contribution in [0.15, 0.2) is 46.0 Å². The molecule has 0 heterocycles. The third-order valence-corrected chi connectivity index (χ3v) is 3.71. The van der Waals surface area contributed by atoms with E-state index in [1.807, 2.05) is 24.3 Å². The van der Waals surface area contributed by atoms with E-state index < -0.39 is 0 Å². The largest absolute Gasteiger partial charge is 0.497 e. The Kier molecular flexibility index (Phi) is 6.74. The fourth-order valence-electron chi connectivity index (χ4n) is 2.00. The molecule has 1 N–H and O–H groups in total. The van der Waals surface area contributed by atoms with Gasteiger partial charge < -0.3 is 24.2 Å². The number of benzene rings is 2. The van der Waals surface area contributed by atoms with Gasteiger partial charge in [-0.3, -0.25) is 0 Å². The predicted octanol–water partition coefficient (Wildman–Crippen LogP) is 3.73. The lowest BCUT2D eigenvalue weighted by Crippen LogP contribution is -2.10. The van der Waals surface area contributed by atoms with Crippen LogP contribution in [-0.4, -0.2) is 38.9 Å². The molecule has 0 unspecified atom stereocenters. The first-order valence-electron chi connectivity index (χ1n) is 7.12. The van der Waals surface area contributed by atoms with E-state index in [9.17, 15) is 0 Å². The number of hydrogen-bond acceptors (Lipinski definition) is 6. The molecule has 2 rings (SSSR count). The molecule has 0 amide bonds. The summed E-state index contributed by atoms with van der Waals surface area (Å²) in [5, 5.41) is 11.6. The number of methoxy groups -OCH3 is 2. The molecule has 128 valence electrons. The quantitative estimate of drug-likeness (QED) is 0.319. The highest BCUT2D eigenvalue weighted by Crippen LogP contribution is 2.36. The number of ether oxygens (including phenoxy) is 4. The summed E-state index contributed by atoms with van der Waals surface area (Å²) in [6.07, 6.45) is 1.31. The topological polar surface area (TPSA) is 69.5 Å². The van der Waals surface area contributed by atoms with Crippen LogP contribution in [0.1, 0.15) is 5.56 Å². The van der Waals surface area contributed by atoms with Crippen LogP contribution in [0.2, 0.25) is 0 Å². The van der Waals surface area contributed by atoms with Gasteiger partial charge in [-0.1, -0.05) is 5.16 Å². The van der Waals surface area contributed by atoms with Crippen molar-refractivity contribution >= 4 is 22.1 Å². The summed E-state index contributed by atoms with van der Waals surface area (Å²) in [5.41, 5.74) is 0.683. The lowest BCUT2D eigenvalue weighted by molar-refractivity contribution is 0.210. The van der Waals surface area contributed by atoms with Gasteiger partial charge in [-0.05, 0) is 52.3 Å². The summed E-state index contributed by atoms with van der Waals surface area (Å²) in [6, 6.07) is 10.8. The van der Waals surface area contributed by atoms with Crippen molar-refractivity contribution in [2.24, 2.45) is 5.16 Å². The van der Waals surface area contributed by atoms with Crippen LogP contribution in [0.3, 0.4) is 0 Å². The van der Waals surface area contributed by atoms with Crippen LogP contribution >= 0.6 is 15.9 Å². The normalized spacial score (nSPS) is 10.6. The van der Waals surface area contributed by atoms with Gasteiger partial charge in [0.25, 0.3) is 0 Å². The summed E-state index contributed by atoms with van der Waals surface area (Å²) in [6.45, 7) is 0.718. The maximum absolute atomic E-state index is 8.62. The van der Waals surface area contributed by atoms with Crippen molar-refractivity contribution in [1.82, 2.24) is 0 Å². The first-order chi connectivity index (χ1) is 11.7. The maximum atomic E-state index is 8.62. The van der Waals surface area contributed by atoms with Gasteiger partial charge in [0.2, 0.25) is 0 Å². The van der Waals surface area contributed by atoms with Gasteiger partial charge in [0.15, 0.2) is 11.5 Å². The van der Waals surface area contributed by atoms with Crippen LogP contribution in [-0.2, 0) is 0 Å². The van der Waals surface area contributed by atoms with E-state index in [2.05, 4.69) is 21.1 Å². The Balaban J connectivity index is 1.93. The molecule has 0 fully saturated rings. The average molecular weight is 396 g/mol. The Morgan fingerprint density at radius 1 is 1.00 bits per heavy atom. The van der Waals surface area contributed by atoms with Crippen molar-refractivity contribution in [2.45, 2.75) is 0 Å². The van der Waals surface area contributed by atoms with Gasteiger partial charge >= 0.3 is 0 Å². The van der Waals surface area contributed by atoms with Crippen molar-refractivity contribution in [3.63, 3.8) is 0 Å². The molecule has 7 heteroatoms. The molecule has 0 aliphatic carbocycles. The molecule has 24 heavy (non-hydrogen) atoms. The summed E-state index contributed by atoms with van der Waals surface area (Å²) >= 11 is 3.42. The Hall–Kier alpha value is -2.41. The minimum atomic E-state index is 0.342. The molecule has 0 spiro atoms. The van der Waals surface area contributed by atoms with E-state index in [-0.39, 0.29) is 0 Å². The van der Waals surface area contributed by atoms with Gasteiger partial charge in [-0.2, -0.15) is 0 Å². The second-order valence-corrected chi connectivity index (χ2v) is 5.51. The summed E-state index contributed by atoms with van der Waals surface area (Å²) < 4.78 is 22.4. The molecule has 0 bridgehead atoms. The van der Waals surface area contributed by atoms with Gasteiger partial charge in [0.05, 0.1) is 24.9 Å². The van der Waals surface area contributed by atoms with Gasteiger partial charge in [0.1, 0.15) is 24.7 Å². The van der Waals surface area contributed by atoms with Crippen LogP contribution in [0.5, 0.6) is 23.0 Å². The first kappa shape index (κ1) is 17.9. The van der Waals surface area contributed by atoms with Crippen LogP contribution in [0.4, 0.5) is 0 Å². The van der Waals surface area contributed by atoms with Crippen LogP contribution in [0, 0.1) is 0 Å². The third kappa shape index (κ3) is 4.79. The number of halogens is 1. The second-order valence-electron chi connectivity index (χ2n) is 4.65. The Morgan fingerprint density at radius 3 is 2.29 bits per heavy atom. The Morgan fingerprint density at radius 2 is 1.67 bits per heavy atom. The lowest BCUT2D eigenvalue weighted by atomic mass is 10.2.